The molecule has 0 saturated carbocycles. The van der Waals surface area contributed by atoms with Gasteiger partial charge in [-0.05, 0) is 63.9 Å². The maximum absolute atomic E-state index is 13.0. The summed E-state index contributed by atoms with van der Waals surface area (Å²) in [5.41, 5.74) is 2.88. The van der Waals surface area contributed by atoms with E-state index in [0.717, 1.165) is 18.4 Å². The molecule has 0 aliphatic heterocycles. The Kier molecular flexibility index (Phi) is 8.58. The van der Waals surface area contributed by atoms with Gasteiger partial charge >= 0.3 is 12.1 Å². The first-order chi connectivity index (χ1) is 12.5. The van der Waals surface area contributed by atoms with Crippen molar-refractivity contribution in [2.75, 3.05) is 6.61 Å². The summed E-state index contributed by atoms with van der Waals surface area (Å²) < 4.78 is 43.7. The van der Waals surface area contributed by atoms with Crippen LogP contribution in [0.15, 0.2) is 46.6 Å². The lowest BCUT2D eigenvalue weighted by atomic mass is 9.72. The minimum absolute atomic E-state index is 0.0515. The largest absolute Gasteiger partial charge is 0.463 e. The highest BCUT2D eigenvalue weighted by Crippen LogP contribution is 2.40. The number of ether oxygens (including phenoxy) is 1. The monoisotopic (exact) mass is 384 g/mol. The Hall–Kier alpha value is -1.78. The van der Waals surface area contributed by atoms with Crippen molar-refractivity contribution in [3.63, 3.8) is 0 Å². The second-order valence-corrected chi connectivity index (χ2v) is 7.67. The molecular weight excluding hydrogens is 353 g/mol. The van der Waals surface area contributed by atoms with Gasteiger partial charge in [0.2, 0.25) is 0 Å². The molecular formula is C22H31F3O2. The Balaban J connectivity index is 2.79. The Labute approximate surface area is 160 Å². The second-order valence-electron chi connectivity index (χ2n) is 7.67. The lowest BCUT2D eigenvalue weighted by Gasteiger charge is -2.32. The predicted octanol–water partition coefficient (Wildman–Crippen LogP) is 6.85. The molecule has 0 aromatic rings. The van der Waals surface area contributed by atoms with Gasteiger partial charge < -0.3 is 4.74 Å². The van der Waals surface area contributed by atoms with E-state index in [9.17, 15) is 18.0 Å². The van der Waals surface area contributed by atoms with Crippen LogP contribution in [-0.2, 0) is 9.53 Å². The van der Waals surface area contributed by atoms with Crippen LogP contribution in [0.4, 0.5) is 13.2 Å². The van der Waals surface area contributed by atoms with Gasteiger partial charge in [0, 0.05) is 11.6 Å². The van der Waals surface area contributed by atoms with Gasteiger partial charge in [-0.15, -0.1) is 0 Å². The summed E-state index contributed by atoms with van der Waals surface area (Å²) in [7, 11) is 0. The lowest BCUT2D eigenvalue weighted by Crippen LogP contribution is -2.19. The van der Waals surface area contributed by atoms with Gasteiger partial charge in [0.1, 0.15) is 0 Å². The molecule has 2 nitrogen and oxygen atoms in total. The zero-order valence-corrected chi connectivity index (χ0v) is 17.0. The molecule has 1 rings (SSSR count). The molecule has 0 heterocycles. The van der Waals surface area contributed by atoms with Gasteiger partial charge in [0.25, 0.3) is 0 Å². The van der Waals surface area contributed by atoms with Crippen LogP contribution < -0.4 is 0 Å². The third-order valence-electron chi connectivity index (χ3n) is 4.88. The third-order valence-corrected chi connectivity index (χ3v) is 4.88. The zero-order chi connectivity index (χ0) is 20.7. The van der Waals surface area contributed by atoms with Crippen LogP contribution in [0.25, 0.3) is 0 Å². The summed E-state index contributed by atoms with van der Waals surface area (Å²) >= 11 is 0. The van der Waals surface area contributed by atoms with E-state index in [1.807, 2.05) is 13.0 Å². The lowest BCUT2D eigenvalue weighted by molar-refractivity contribution is -0.138. The maximum atomic E-state index is 13.0. The normalized spacial score (nSPS) is 19.0. The smallest absolute Gasteiger partial charge is 0.412 e. The number of esters is 1. The van der Waals surface area contributed by atoms with E-state index in [1.54, 1.807) is 13.0 Å². The molecule has 0 unspecified atom stereocenters. The Morgan fingerprint density at radius 2 is 1.96 bits per heavy atom. The highest BCUT2D eigenvalue weighted by molar-refractivity contribution is 5.83. The van der Waals surface area contributed by atoms with Crippen molar-refractivity contribution in [2.45, 2.75) is 72.9 Å². The van der Waals surface area contributed by atoms with E-state index in [0.29, 0.717) is 6.08 Å². The number of rotatable bonds is 7. The Bertz CT molecular complexity index is 647. The van der Waals surface area contributed by atoms with Crippen LogP contribution in [0, 0.1) is 5.41 Å². The summed E-state index contributed by atoms with van der Waals surface area (Å²) in [6.07, 6.45) is 5.25. The highest BCUT2D eigenvalue weighted by atomic mass is 19.4. The van der Waals surface area contributed by atoms with E-state index in [-0.39, 0.29) is 24.9 Å². The summed E-state index contributed by atoms with van der Waals surface area (Å²) in [4.78, 5) is 11.3. The molecule has 27 heavy (non-hydrogen) atoms. The van der Waals surface area contributed by atoms with Gasteiger partial charge in [0.15, 0.2) is 0 Å². The fourth-order valence-corrected chi connectivity index (χ4v) is 3.37. The molecule has 0 N–H and O–H groups in total. The van der Waals surface area contributed by atoms with Crippen LogP contribution in [0.3, 0.4) is 0 Å². The highest BCUT2D eigenvalue weighted by Gasteiger charge is 2.33. The van der Waals surface area contributed by atoms with Crippen molar-refractivity contribution in [2.24, 2.45) is 5.41 Å². The summed E-state index contributed by atoms with van der Waals surface area (Å²) in [6, 6.07) is 0. The molecule has 1 aliphatic rings. The molecule has 0 radical (unpaired) electrons. The van der Waals surface area contributed by atoms with Gasteiger partial charge in [-0.1, -0.05) is 43.2 Å². The number of carbonyl (C=O) groups excluding carboxylic acids is 1. The minimum Gasteiger partial charge on any atom is -0.463 e. The zero-order valence-electron chi connectivity index (χ0n) is 17.0. The molecule has 0 amide bonds. The molecule has 5 heteroatoms. The van der Waals surface area contributed by atoms with E-state index < -0.39 is 17.7 Å². The summed E-state index contributed by atoms with van der Waals surface area (Å²) in [5.74, 6) is -0.952. The third kappa shape index (κ3) is 7.77. The summed E-state index contributed by atoms with van der Waals surface area (Å²) in [6.45, 7) is 10.1. The van der Waals surface area contributed by atoms with E-state index in [1.165, 1.54) is 17.6 Å². The van der Waals surface area contributed by atoms with Crippen LogP contribution in [0.5, 0.6) is 0 Å². The first-order valence-corrected chi connectivity index (χ1v) is 9.47. The predicted molar refractivity (Wildman–Crippen MR) is 103 cm³/mol. The number of alkyl halides is 3. The van der Waals surface area contributed by atoms with E-state index in [4.69, 9.17) is 0 Å². The van der Waals surface area contributed by atoms with Crippen LogP contribution in [0.1, 0.15) is 66.7 Å². The van der Waals surface area contributed by atoms with Gasteiger partial charge in [-0.25, -0.2) is 4.79 Å². The topological polar surface area (TPSA) is 26.3 Å². The fraction of sp³-hybridized carbons (Fsp3) is 0.591. The number of carbonyl (C=O) groups is 1. The minimum atomic E-state index is -4.53. The first-order valence-electron chi connectivity index (χ1n) is 9.47. The molecule has 0 saturated heterocycles. The van der Waals surface area contributed by atoms with Gasteiger partial charge in [-0.3, -0.25) is 0 Å². The molecule has 1 aliphatic carbocycles. The Morgan fingerprint density at radius 1 is 1.30 bits per heavy atom. The standard InChI is InChI=1S/C22H31F3O2/c1-6-27-20(26)15-18(22(23,24)25)11-7-9-16(2)12-13-19-17(3)10-8-14-21(19,4)5/h9,12-13,15H,6-8,10-11,14H2,1-5H3/b13-12+,16-9+,18-15-. The molecule has 0 fully saturated rings. The fourth-order valence-electron chi connectivity index (χ4n) is 3.37. The van der Waals surface area contributed by atoms with Crippen molar-refractivity contribution in [3.05, 3.63) is 46.6 Å². The number of allylic oxidation sites excluding steroid dienone is 7. The van der Waals surface area contributed by atoms with Crippen molar-refractivity contribution >= 4 is 5.97 Å². The molecule has 0 atom stereocenters. The SMILES string of the molecule is CCOC(=O)/C=C(/CC/C=C(C)/C=C/C1=C(C)CCCC1(C)C)C(F)(F)F. The van der Waals surface area contributed by atoms with Crippen molar-refractivity contribution in [1.82, 2.24) is 0 Å². The summed E-state index contributed by atoms with van der Waals surface area (Å²) in [5, 5.41) is 0. The number of hydrogen-bond acceptors (Lipinski definition) is 2. The molecule has 152 valence electrons. The van der Waals surface area contributed by atoms with Crippen molar-refractivity contribution < 1.29 is 22.7 Å². The van der Waals surface area contributed by atoms with Crippen LogP contribution in [-0.4, -0.2) is 18.8 Å². The molecule has 0 aromatic heterocycles. The first kappa shape index (κ1) is 23.3. The van der Waals surface area contributed by atoms with Gasteiger partial charge in [0.05, 0.1) is 6.61 Å². The van der Waals surface area contributed by atoms with Crippen LogP contribution >= 0.6 is 0 Å². The molecule has 0 bridgehead atoms. The van der Waals surface area contributed by atoms with E-state index >= 15 is 0 Å². The molecule has 0 aromatic carbocycles. The average molecular weight is 384 g/mol. The van der Waals surface area contributed by atoms with Crippen molar-refractivity contribution in [3.8, 4) is 0 Å². The number of hydrogen-bond donors (Lipinski definition) is 0. The Morgan fingerprint density at radius 3 is 2.52 bits per heavy atom. The quantitative estimate of drug-likeness (QED) is 0.273. The van der Waals surface area contributed by atoms with Crippen LogP contribution in [0.2, 0.25) is 0 Å². The average Bonchev–Trinajstić information content (AvgIpc) is 2.52. The van der Waals surface area contributed by atoms with Gasteiger partial charge in [-0.2, -0.15) is 13.2 Å². The second kappa shape index (κ2) is 9.95. The molecule has 0 spiro atoms. The number of halogens is 3. The van der Waals surface area contributed by atoms with Crippen molar-refractivity contribution in [1.29, 1.82) is 0 Å². The van der Waals surface area contributed by atoms with E-state index in [2.05, 4.69) is 31.6 Å². The maximum Gasteiger partial charge on any atom is 0.412 e.